The maximum atomic E-state index is 15.0. The van der Waals surface area contributed by atoms with Gasteiger partial charge in [0, 0.05) is 32.5 Å². The molecule has 22 nitrogen and oxygen atoms in total. The van der Waals surface area contributed by atoms with Gasteiger partial charge in [0.1, 0.15) is 31.5 Å². The van der Waals surface area contributed by atoms with Crippen LogP contribution in [0.25, 0.3) is 0 Å². The van der Waals surface area contributed by atoms with Gasteiger partial charge in [-0.3, -0.25) is 9.59 Å². The van der Waals surface area contributed by atoms with Crippen molar-refractivity contribution in [1.82, 2.24) is 10.2 Å². The minimum absolute atomic E-state index is 0.0510. The van der Waals surface area contributed by atoms with Crippen LogP contribution >= 0.6 is 0 Å². The number of carbonyl (C=O) groups is 6. The molecule has 83 heavy (non-hydrogen) atoms. The van der Waals surface area contributed by atoms with Crippen molar-refractivity contribution in [2.45, 2.75) is 205 Å². The zero-order valence-corrected chi connectivity index (χ0v) is 49.4. The van der Waals surface area contributed by atoms with Gasteiger partial charge in [0.25, 0.3) is 0 Å². The first-order valence-corrected chi connectivity index (χ1v) is 28.3. The lowest BCUT2D eigenvalue weighted by Gasteiger charge is -2.49. The summed E-state index contributed by atoms with van der Waals surface area (Å²) in [6.07, 6.45) is -16.0. The molecule has 22 heteroatoms. The molecule has 4 aliphatic heterocycles. The Hall–Kier alpha value is -6.56. The van der Waals surface area contributed by atoms with Crippen molar-refractivity contribution in [2.75, 3.05) is 14.2 Å². The molecule has 0 unspecified atom stereocenters. The summed E-state index contributed by atoms with van der Waals surface area (Å²) in [7, 11) is 2.94. The van der Waals surface area contributed by atoms with Gasteiger partial charge in [-0.25, -0.2) is 19.2 Å². The molecule has 456 valence electrons. The average molecular weight is 1160 g/mol. The highest BCUT2D eigenvalue weighted by Gasteiger charge is 2.59. The molecule has 2 N–H and O–H groups in total. The maximum Gasteiger partial charge on any atom is 0.509 e. The number of nitrogens with one attached hydrogen (secondary N) is 1. The molecular weight excluding hydrogens is 1080 g/mol. The van der Waals surface area contributed by atoms with Gasteiger partial charge in [-0.15, -0.1) is 0 Å². The highest BCUT2D eigenvalue weighted by molar-refractivity contribution is 5.80. The van der Waals surface area contributed by atoms with Gasteiger partial charge in [-0.05, 0) is 91.3 Å². The van der Waals surface area contributed by atoms with Crippen molar-refractivity contribution >= 4 is 36.4 Å². The Balaban J connectivity index is 1.27. The number of ether oxygens (including phenoxy) is 13. The van der Waals surface area contributed by atoms with Gasteiger partial charge < -0.3 is 76.9 Å². The number of aliphatic hydroxyl groups is 1. The average Bonchev–Trinajstić information content (AvgIpc) is 3.66. The number of esters is 1. The summed E-state index contributed by atoms with van der Waals surface area (Å²) in [5.41, 5.74) is -2.80. The van der Waals surface area contributed by atoms with Gasteiger partial charge in [0.15, 0.2) is 36.5 Å². The van der Waals surface area contributed by atoms with E-state index in [-0.39, 0.29) is 45.5 Å². The lowest BCUT2D eigenvalue weighted by Crippen LogP contribution is -2.62. The fraction of sp³-hybridized carbons (Fsp3) is 0.607. The third-order valence-electron chi connectivity index (χ3n) is 16.3. The SMILES string of the molecule is CC[C@@H]1OC(=O)[C@H](C)[C@@H](O[C@H]2C[C@@](C)(OC)[C@@H](OC(=O)OCc3ccccc3)[C@H](C)O2)[C@H](C)[C@H](O[C@@H]2O[C@H](C)C[C@H](N(C)C(=O)OCc3ccccc3)[C@H]2OC(=O)OCc2ccccc2)[C@](C)(O)C[C@H](C)NC(=O)[C@@H](C)[C@H]2OC(=O)O[C@]12C. The van der Waals surface area contributed by atoms with E-state index in [1.165, 1.54) is 26.0 Å². The molecule has 3 aromatic carbocycles. The van der Waals surface area contributed by atoms with Crippen LogP contribution in [0, 0.1) is 17.8 Å². The topological polar surface area (TPSA) is 258 Å². The number of rotatable bonds is 15. The Kier molecular flexibility index (Phi) is 21.5. The number of nitrogens with zero attached hydrogens (tertiary/aromatic N) is 1. The minimum atomic E-state index is -2.01. The molecule has 0 aromatic heterocycles. The second-order valence-electron chi connectivity index (χ2n) is 22.9. The monoisotopic (exact) mass is 1160 g/mol. The predicted octanol–water partition coefficient (Wildman–Crippen LogP) is 8.70. The Morgan fingerprint density at radius 2 is 1.25 bits per heavy atom. The van der Waals surface area contributed by atoms with Gasteiger partial charge >= 0.3 is 30.5 Å². The number of fused-ring (bicyclic) bond motifs is 1. The number of hydrogen-bond donors (Lipinski definition) is 2. The smallest absolute Gasteiger partial charge is 0.458 e. The fourth-order valence-corrected chi connectivity index (χ4v) is 11.8. The first kappa shape index (κ1) is 64.0. The first-order valence-electron chi connectivity index (χ1n) is 28.3. The fourth-order valence-electron chi connectivity index (χ4n) is 11.8. The van der Waals surface area contributed by atoms with Crippen molar-refractivity contribution in [3.63, 3.8) is 0 Å². The van der Waals surface area contributed by atoms with E-state index in [1.54, 1.807) is 111 Å². The molecule has 0 spiro atoms. The van der Waals surface area contributed by atoms with Crippen LogP contribution in [0.3, 0.4) is 0 Å². The van der Waals surface area contributed by atoms with E-state index in [4.69, 9.17) is 61.6 Å². The van der Waals surface area contributed by atoms with Crippen LogP contribution in [0.5, 0.6) is 0 Å². The zero-order valence-electron chi connectivity index (χ0n) is 49.4. The number of cyclic esters (lactones) is 1. The van der Waals surface area contributed by atoms with Gasteiger partial charge in [0.05, 0.1) is 47.9 Å². The van der Waals surface area contributed by atoms with E-state index in [0.29, 0.717) is 5.56 Å². The summed E-state index contributed by atoms with van der Waals surface area (Å²) in [6.45, 7) is 16.1. The standard InChI is InChI=1S/C61H82N2O20/c1-13-45-61(10)50(81-58(69)83-61)39(6)52(64)62-35(2)30-59(8,70)49(37(4)47(38(5)53(65)77-45)78-46-31-60(9,71-12)51(40(7)76-46)82-57(68)74-34-43-27-21-16-22-28-43)80-54-48(79-56(67)73-33-42-25-19-15-20-26-42)44(29-36(3)75-54)63(11)55(66)72-32-41-23-17-14-18-24-41/h14-28,35-40,44-51,54,70H,13,29-34H2,1-12H3,(H,62,64)/t35-,36+,37-,38+,39-,40-,44-,45-,46-,47-,48+,49-,50+,51-,54-,59+,60+,61+/m0/s1. The van der Waals surface area contributed by atoms with Crippen LogP contribution in [-0.4, -0.2) is 151 Å². The number of likely N-dealkylation sites (N-methyl/N-ethyl adjacent to an activating group) is 1. The normalized spacial score (nSPS) is 35.0. The lowest BCUT2D eigenvalue weighted by atomic mass is 9.78. The molecule has 0 saturated carbocycles. The molecule has 2 amide bonds. The zero-order chi connectivity index (χ0) is 60.4. The molecule has 4 fully saturated rings. The predicted molar refractivity (Wildman–Crippen MR) is 295 cm³/mol. The van der Waals surface area contributed by atoms with Crippen LogP contribution in [0.2, 0.25) is 0 Å². The molecule has 0 radical (unpaired) electrons. The molecule has 7 rings (SSSR count). The van der Waals surface area contributed by atoms with E-state index in [1.807, 2.05) is 42.5 Å². The first-order chi connectivity index (χ1) is 39.4. The second kappa shape index (κ2) is 27.9. The van der Waals surface area contributed by atoms with E-state index in [0.717, 1.165) is 11.1 Å². The third kappa shape index (κ3) is 15.8. The minimum Gasteiger partial charge on any atom is -0.458 e. The molecule has 4 aliphatic rings. The van der Waals surface area contributed by atoms with Crippen LogP contribution in [0.1, 0.15) is 112 Å². The number of benzene rings is 3. The Morgan fingerprint density at radius 1 is 0.699 bits per heavy atom. The molecule has 4 heterocycles. The maximum absolute atomic E-state index is 15.0. The summed E-state index contributed by atoms with van der Waals surface area (Å²) in [5.74, 6) is -4.83. The third-order valence-corrected chi connectivity index (χ3v) is 16.3. The van der Waals surface area contributed by atoms with Crippen molar-refractivity contribution in [2.24, 2.45) is 17.8 Å². The van der Waals surface area contributed by atoms with E-state index in [9.17, 15) is 29.1 Å². The largest absolute Gasteiger partial charge is 0.509 e. The van der Waals surface area contributed by atoms with Crippen LogP contribution in [0.4, 0.5) is 19.2 Å². The van der Waals surface area contributed by atoms with Crippen molar-refractivity contribution < 1.29 is 95.5 Å². The number of amides is 2. The molecule has 0 bridgehead atoms. The van der Waals surface area contributed by atoms with Crippen molar-refractivity contribution in [3.05, 3.63) is 108 Å². The Morgan fingerprint density at radius 3 is 1.81 bits per heavy atom. The number of carbonyl (C=O) groups excluding carboxylic acids is 6. The van der Waals surface area contributed by atoms with Crippen LogP contribution in [0.15, 0.2) is 91.0 Å². The number of methoxy groups -OCH3 is 1. The summed E-state index contributed by atoms with van der Waals surface area (Å²) >= 11 is 0. The second-order valence-corrected chi connectivity index (χ2v) is 22.9. The van der Waals surface area contributed by atoms with E-state index >= 15 is 4.79 Å². The molecule has 18 atom stereocenters. The summed E-state index contributed by atoms with van der Waals surface area (Å²) in [5, 5.41) is 16.1. The van der Waals surface area contributed by atoms with Crippen LogP contribution in [-0.2, 0) is 91.0 Å². The van der Waals surface area contributed by atoms with E-state index < -0.39 is 144 Å². The molecule has 3 aromatic rings. The quantitative estimate of drug-likeness (QED) is 0.106. The van der Waals surface area contributed by atoms with Crippen LogP contribution < -0.4 is 5.32 Å². The highest BCUT2D eigenvalue weighted by Crippen LogP contribution is 2.43. The van der Waals surface area contributed by atoms with Gasteiger partial charge in [-0.1, -0.05) is 105 Å². The summed E-state index contributed by atoms with van der Waals surface area (Å²) in [4.78, 5) is 84.7. The molecular formula is C61H82N2O20. The molecule has 4 saturated heterocycles. The summed E-state index contributed by atoms with van der Waals surface area (Å²) < 4.78 is 79.8. The lowest BCUT2D eigenvalue weighted by molar-refractivity contribution is -0.318. The van der Waals surface area contributed by atoms with Gasteiger partial charge in [0.2, 0.25) is 5.91 Å². The van der Waals surface area contributed by atoms with Gasteiger partial charge in [-0.2, -0.15) is 0 Å². The summed E-state index contributed by atoms with van der Waals surface area (Å²) in [6, 6.07) is 25.3. The highest BCUT2D eigenvalue weighted by atomic mass is 16.8. The Labute approximate surface area is 485 Å². The Bertz CT molecular complexity index is 2650. The van der Waals surface area contributed by atoms with Crippen molar-refractivity contribution in [3.8, 4) is 0 Å². The van der Waals surface area contributed by atoms with Crippen molar-refractivity contribution in [1.29, 1.82) is 0 Å². The van der Waals surface area contributed by atoms with E-state index in [2.05, 4.69) is 5.32 Å². The molecule has 0 aliphatic carbocycles. The number of hydrogen-bond acceptors (Lipinski definition) is 20.